The Bertz CT molecular complexity index is 1380. The van der Waals surface area contributed by atoms with Gasteiger partial charge in [0, 0.05) is 23.8 Å². The number of alkyl halides is 3. The highest BCUT2D eigenvalue weighted by atomic mass is 32.2. The number of benzene rings is 2. The van der Waals surface area contributed by atoms with Crippen LogP contribution in [0.1, 0.15) is 39.7 Å². The molecule has 2 N–H and O–H groups in total. The molecule has 42 heavy (non-hydrogen) atoms. The van der Waals surface area contributed by atoms with Crippen LogP contribution in [0.15, 0.2) is 63.2 Å². The van der Waals surface area contributed by atoms with Crippen LogP contribution in [0.5, 0.6) is 0 Å². The van der Waals surface area contributed by atoms with E-state index in [9.17, 15) is 30.0 Å². The van der Waals surface area contributed by atoms with E-state index in [0.717, 1.165) is 23.6 Å². The summed E-state index contributed by atoms with van der Waals surface area (Å²) in [6.07, 6.45) is 0.587. The van der Waals surface area contributed by atoms with E-state index in [1.807, 2.05) is 37.3 Å². The minimum Gasteiger partial charge on any atom is -0.416 e. The molecule has 0 unspecified atom stereocenters. The highest BCUT2D eigenvalue weighted by molar-refractivity contribution is 7.99. The maximum Gasteiger partial charge on any atom is 0.501 e. The zero-order valence-corrected chi connectivity index (χ0v) is 28.5. The second-order valence-corrected chi connectivity index (χ2v) is 21.2. The van der Waals surface area contributed by atoms with Gasteiger partial charge in [0.1, 0.15) is 0 Å². The third-order valence-corrected chi connectivity index (χ3v) is 15.9. The molecule has 0 aliphatic rings. The van der Waals surface area contributed by atoms with Crippen molar-refractivity contribution in [2.24, 2.45) is 11.1 Å². The van der Waals surface area contributed by atoms with Gasteiger partial charge in [-0.05, 0) is 79.8 Å². The van der Waals surface area contributed by atoms with Gasteiger partial charge in [-0.25, -0.2) is 22.0 Å². The van der Waals surface area contributed by atoms with Crippen LogP contribution in [0.2, 0.25) is 18.1 Å². The lowest BCUT2D eigenvalue weighted by Crippen LogP contribution is -2.43. The lowest BCUT2D eigenvalue weighted by atomic mass is 9.97. The summed E-state index contributed by atoms with van der Waals surface area (Å²) in [4.78, 5) is 1.42. The summed E-state index contributed by atoms with van der Waals surface area (Å²) in [5.74, 6) is 0.304. The van der Waals surface area contributed by atoms with Crippen LogP contribution >= 0.6 is 11.8 Å². The third kappa shape index (κ3) is 10.3. The minimum atomic E-state index is -5.83. The molecule has 0 fully saturated rings. The molecule has 0 bridgehead atoms. The van der Waals surface area contributed by atoms with E-state index in [4.69, 9.17) is 9.56 Å². The van der Waals surface area contributed by atoms with Crippen molar-refractivity contribution in [2.75, 3.05) is 32.0 Å². The quantitative estimate of drug-likeness (QED) is 0.175. The lowest BCUT2D eigenvalue weighted by molar-refractivity contribution is -0.0436. The molecule has 0 spiro atoms. The minimum absolute atomic E-state index is 0.00734. The Balaban J connectivity index is 2.33. The largest absolute Gasteiger partial charge is 0.501 e. The van der Waals surface area contributed by atoms with Gasteiger partial charge in [-0.3, -0.25) is 0 Å². The highest BCUT2D eigenvalue weighted by Gasteiger charge is 2.48. The van der Waals surface area contributed by atoms with E-state index in [-0.39, 0.29) is 22.9 Å². The number of thioether (sulfide) groups is 1. The topological polar surface area (TPSA) is 107 Å². The predicted molar refractivity (Wildman–Crippen MR) is 165 cm³/mol. The molecule has 0 aliphatic heterocycles. The number of nitrogens with two attached hydrogens (primary N) is 1. The monoisotopic (exact) mass is 668 g/mol. The fourth-order valence-electron chi connectivity index (χ4n) is 3.98. The van der Waals surface area contributed by atoms with E-state index < -0.39 is 43.5 Å². The van der Waals surface area contributed by atoms with E-state index in [2.05, 4.69) is 38.8 Å². The predicted octanol–water partition coefficient (Wildman–Crippen LogP) is 6.31. The lowest BCUT2D eigenvalue weighted by Gasteiger charge is -2.37. The Labute approximate surface area is 254 Å². The molecule has 238 valence electrons. The zero-order valence-electron chi connectivity index (χ0n) is 25.1. The molecule has 0 saturated heterocycles. The van der Waals surface area contributed by atoms with Gasteiger partial charge in [0.15, 0.2) is 8.32 Å². The first kappa shape index (κ1) is 36.8. The number of hydrogen-bond acceptors (Lipinski definition) is 7. The summed E-state index contributed by atoms with van der Waals surface area (Å²) >= 11 is 1.53. The number of sulfonamides is 1. The molecule has 0 aliphatic carbocycles. The van der Waals surface area contributed by atoms with Gasteiger partial charge in [-0.2, -0.15) is 13.2 Å². The van der Waals surface area contributed by atoms with Gasteiger partial charge in [-0.1, -0.05) is 52.0 Å². The number of nitrogens with zero attached hydrogens (tertiary/aromatic N) is 1. The molecule has 0 radical (unpaired) electrons. The van der Waals surface area contributed by atoms with Gasteiger partial charge in [0.05, 0.1) is 9.79 Å². The molecule has 1 atom stereocenters. The van der Waals surface area contributed by atoms with Crippen molar-refractivity contribution in [3.05, 3.63) is 54.1 Å². The van der Waals surface area contributed by atoms with Crippen LogP contribution in [-0.4, -0.2) is 67.6 Å². The third-order valence-electron chi connectivity index (χ3n) is 7.68. The van der Waals surface area contributed by atoms with Crippen molar-refractivity contribution in [1.82, 2.24) is 4.90 Å². The average molecular weight is 669 g/mol. The first-order valence-electron chi connectivity index (χ1n) is 13.7. The Morgan fingerprint density at radius 2 is 1.62 bits per heavy atom. The van der Waals surface area contributed by atoms with Crippen LogP contribution in [0, 0.1) is 5.92 Å². The zero-order chi connectivity index (χ0) is 32.0. The summed E-state index contributed by atoms with van der Waals surface area (Å²) in [6.45, 7) is 15.6. The molecular formula is C28H43F3N2O5S3Si. The molecule has 0 heterocycles. The normalized spacial score (nSPS) is 14.4. The van der Waals surface area contributed by atoms with Gasteiger partial charge < -0.3 is 9.33 Å². The molecule has 2 rings (SSSR count). The highest BCUT2D eigenvalue weighted by Crippen LogP contribution is 2.37. The fourth-order valence-corrected chi connectivity index (χ4v) is 7.72. The van der Waals surface area contributed by atoms with Crippen LogP contribution in [0.4, 0.5) is 13.2 Å². The van der Waals surface area contributed by atoms with Gasteiger partial charge in [0.25, 0.3) is 9.84 Å². The molecule has 14 heteroatoms. The summed E-state index contributed by atoms with van der Waals surface area (Å²) in [7, 11) is -12.2. The van der Waals surface area contributed by atoms with E-state index in [0.29, 0.717) is 37.9 Å². The van der Waals surface area contributed by atoms with Crippen LogP contribution in [0.25, 0.3) is 0 Å². The molecule has 0 saturated carbocycles. The summed E-state index contributed by atoms with van der Waals surface area (Å²) in [5.41, 5.74) is -5.70. The summed E-state index contributed by atoms with van der Waals surface area (Å²) < 4.78 is 95.9. The number of primary sulfonamides is 1. The summed E-state index contributed by atoms with van der Waals surface area (Å²) in [5, 5.41) is 5.19. The van der Waals surface area contributed by atoms with Crippen molar-refractivity contribution in [3.8, 4) is 0 Å². The molecule has 2 aromatic carbocycles. The Hall–Kier alpha value is -1.42. The van der Waals surface area contributed by atoms with E-state index >= 15 is 0 Å². The van der Waals surface area contributed by atoms with Crippen molar-refractivity contribution in [1.29, 1.82) is 0 Å². The molecule has 0 aromatic heterocycles. The van der Waals surface area contributed by atoms with E-state index in [1.54, 1.807) is 0 Å². The standard InChI is InChI=1S/C28H43F3N2O5S3Si/c1-7-33(17-18-38-42(5,6)27(2,3)4)16-15-22(21-39-24-11-9-8-10-12-24)19-23-13-14-25(41(32,36)37)20-26(23)40(34,35)28(29,30)31/h8-14,20,22H,7,15-19,21H2,1-6H3,(H2,32,36,37)/t22-/m0/s1. The first-order valence-corrected chi connectivity index (χ1v) is 20.6. The number of sulfone groups is 1. The van der Waals surface area contributed by atoms with Crippen LogP contribution < -0.4 is 5.14 Å². The maximum atomic E-state index is 13.6. The van der Waals surface area contributed by atoms with Gasteiger partial charge in [-0.15, -0.1) is 11.8 Å². The average Bonchev–Trinajstić information content (AvgIpc) is 2.87. The SMILES string of the molecule is CCN(CCO[Si](C)(C)C(C)(C)C)CC[C@H](CSc1ccccc1)Cc1ccc(S(N)(=O)=O)cc1S(=O)(=O)C(F)(F)F. The summed E-state index contributed by atoms with van der Waals surface area (Å²) in [6, 6.07) is 12.2. The van der Waals surface area contributed by atoms with Crippen molar-refractivity contribution in [2.45, 2.75) is 78.9 Å². The fraction of sp³-hybridized carbons (Fsp3) is 0.571. The van der Waals surface area contributed by atoms with Crippen LogP contribution in [0.3, 0.4) is 0 Å². The van der Waals surface area contributed by atoms with Crippen molar-refractivity contribution in [3.63, 3.8) is 0 Å². The van der Waals surface area contributed by atoms with Gasteiger partial charge in [0.2, 0.25) is 10.0 Å². The van der Waals surface area contributed by atoms with E-state index in [1.165, 1.54) is 11.8 Å². The molecule has 7 nitrogen and oxygen atoms in total. The van der Waals surface area contributed by atoms with Crippen LogP contribution in [-0.2, 0) is 30.7 Å². The number of hydrogen-bond donors (Lipinski definition) is 1. The number of rotatable bonds is 15. The number of halogens is 3. The van der Waals surface area contributed by atoms with Gasteiger partial charge >= 0.3 is 5.51 Å². The molecule has 2 aromatic rings. The van der Waals surface area contributed by atoms with Crippen molar-refractivity contribution < 1.29 is 34.4 Å². The molecular weight excluding hydrogens is 626 g/mol. The smallest absolute Gasteiger partial charge is 0.416 e. The number of likely N-dealkylation sites (N-methyl/N-ethyl adjacent to an activating group) is 1. The second kappa shape index (κ2) is 14.6. The first-order chi connectivity index (χ1) is 19.2. The Morgan fingerprint density at radius 3 is 2.14 bits per heavy atom. The Kier molecular flexibility index (Phi) is 12.8. The Morgan fingerprint density at radius 1 is 1.00 bits per heavy atom. The van der Waals surface area contributed by atoms with Crippen molar-refractivity contribution >= 4 is 39.9 Å². The maximum absolute atomic E-state index is 13.6. The molecule has 0 amide bonds. The second-order valence-electron chi connectivity index (χ2n) is 11.8.